The summed E-state index contributed by atoms with van der Waals surface area (Å²) in [4.78, 5) is 12.8. The number of nitrogens with zero attached hydrogens (tertiary/aromatic N) is 1. The van der Waals surface area contributed by atoms with Gasteiger partial charge >= 0.3 is 0 Å². The first-order valence-corrected chi connectivity index (χ1v) is 6.26. The van der Waals surface area contributed by atoms with E-state index in [4.69, 9.17) is 21.6 Å². The van der Waals surface area contributed by atoms with Gasteiger partial charge in [-0.1, -0.05) is 11.6 Å². The highest BCUT2D eigenvalue weighted by Crippen LogP contribution is 2.27. The predicted molar refractivity (Wildman–Crippen MR) is 73.5 cm³/mol. The van der Waals surface area contributed by atoms with Crippen LogP contribution in [-0.4, -0.2) is 33.2 Å². The number of carbonyl (C=O) groups excluding carboxylic acids is 1. The van der Waals surface area contributed by atoms with E-state index in [9.17, 15) is 4.79 Å². The zero-order valence-electron chi connectivity index (χ0n) is 11.0. The lowest BCUT2D eigenvalue weighted by molar-refractivity contribution is -0.870. The second-order valence-corrected chi connectivity index (χ2v) is 4.62. The van der Waals surface area contributed by atoms with E-state index in [1.54, 1.807) is 18.2 Å². The van der Waals surface area contributed by atoms with Crippen molar-refractivity contribution in [2.45, 2.75) is 6.42 Å². The molecule has 1 rings (SSSR count). The number of halogens is 1. The molecule has 0 spiro atoms. The minimum atomic E-state index is -0.143. The van der Waals surface area contributed by atoms with Crippen molar-refractivity contribution in [1.82, 2.24) is 0 Å². The Morgan fingerprint density at radius 1 is 1.58 bits per heavy atom. The lowest BCUT2D eigenvalue weighted by Gasteiger charge is -2.14. The van der Waals surface area contributed by atoms with Gasteiger partial charge in [-0.3, -0.25) is 4.79 Å². The molecule has 1 atom stereocenters. The minimum absolute atomic E-state index is 0.143. The standard InChI is InChI=1S/C13H16ClN3O2/c1-17(7-3-6-15)9-13(18)16-11-8-10(14)4-5-12(11)19-2/h4-5,8H,3,7,9H2,1-2H3,(H,16,18)/p+1. The molecule has 2 N–H and O–H groups in total. The Morgan fingerprint density at radius 2 is 2.32 bits per heavy atom. The van der Waals surface area contributed by atoms with Crippen molar-refractivity contribution in [2.24, 2.45) is 0 Å². The van der Waals surface area contributed by atoms with Crippen LogP contribution in [0.2, 0.25) is 5.02 Å². The maximum absolute atomic E-state index is 11.9. The predicted octanol–water partition coefficient (Wildman–Crippen LogP) is 0.715. The number of benzene rings is 1. The number of quaternary nitrogens is 1. The molecule has 1 unspecified atom stereocenters. The lowest BCUT2D eigenvalue weighted by atomic mass is 10.3. The summed E-state index contributed by atoms with van der Waals surface area (Å²) in [5, 5.41) is 11.8. The average Bonchev–Trinajstić information content (AvgIpc) is 2.36. The molecule has 0 saturated heterocycles. The molecular weight excluding hydrogens is 266 g/mol. The monoisotopic (exact) mass is 282 g/mol. The molecule has 0 aliphatic carbocycles. The van der Waals surface area contributed by atoms with Gasteiger partial charge in [0, 0.05) is 5.02 Å². The van der Waals surface area contributed by atoms with Crippen LogP contribution in [0.25, 0.3) is 0 Å². The summed E-state index contributed by atoms with van der Waals surface area (Å²) in [5.74, 6) is 0.420. The molecule has 0 heterocycles. The number of rotatable bonds is 6. The molecule has 0 bridgehead atoms. The summed E-state index contributed by atoms with van der Waals surface area (Å²) in [6, 6.07) is 7.09. The first-order valence-electron chi connectivity index (χ1n) is 5.88. The second-order valence-electron chi connectivity index (χ2n) is 4.18. The van der Waals surface area contributed by atoms with Gasteiger partial charge in [0.05, 0.1) is 38.9 Å². The van der Waals surface area contributed by atoms with Crippen LogP contribution in [-0.2, 0) is 4.79 Å². The van der Waals surface area contributed by atoms with Crippen molar-refractivity contribution in [3.05, 3.63) is 23.2 Å². The molecule has 0 fully saturated rings. The van der Waals surface area contributed by atoms with Gasteiger partial charge in [-0.05, 0) is 18.2 Å². The normalized spacial score (nSPS) is 11.5. The number of methoxy groups -OCH3 is 1. The van der Waals surface area contributed by atoms with Gasteiger partial charge in [0.1, 0.15) is 5.75 Å². The number of amides is 1. The minimum Gasteiger partial charge on any atom is -0.495 e. The molecule has 5 nitrogen and oxygen atoms in total. The van der Waals surface area contributed by atoms with Gasteiger partial charge in [-0.15, -0.1) is 0 Å². The third-order valence-corrected chi connectivity index (χ3v) is 2.80. The van der Waals surface area contributed by atoms with E-state index in [1.807, 2.05) is 7.05 Å². The summed E-state index contributed by atoms with van der Waals surface area (Å²) in [5.41, 5.74) is 0.549. The van der Waals surface area contributed by atoms with Crippen LogP contribution >= 0.6 is 11.6 Å². The molecule has 1 amide bonds. The summed E-state index contributed by atoms with van der Waals surface area (Å²) in [6.45, 7) is 0.925. The van der Waals surface area contributed by atoms with E-state index in [-0.39, 0.29) is 12.5 Å². The van der Waals surface area contributed by atoms with Crippen molar-refractivity contribution in [2.75, 3.05) is 32.6 Å². The van der Waals surface area contributed by atoms with Gasteiger partial charge in [0.25, 0.3) is 5.91 Å². The number of nitriles is 1. The number of likely N-dealkylation sites (N-methyl/N-ethyl adjacent to an activating group) is 1. The Hall–Kier alpha value is -1.77. The Balaban J connectivity index is 2.62. The van der Waals surface area contributed by atoms with Crippen molar-refractivity contribution >= 4 is 23.2 Å². The summed E-state index contributed by atoms with van der Waals surface area (Å²) >= 11 is 5.88. The maximum Gasteiger partial charge on any atom is 0.279 e. The van der Waals surface area contributed by atoms with Crippen LogP contribution in [0.3, 0.4) is 0 Å². The van der Waals surface area contributed by atoms with Crippen molar-refractivity contribution in [1.29, 1.82) is 5.26 Å². The lowest BCUT2D eigenvalue weighted by Crippen LogP contribution is -3.10. The van der Waals surface area contributed by atoms with E-state index in [1.165, 1.54) is 7.11 Å². The Morgan fingerprint density at radius 3 is 2.95 bits per heavy atom. The fourth-order valence-corrected chi connectivity index (χ4v) is 1.78. The van der Waals surface area contributed by atoms with Crippen LogP contribution in [0.15, 0.2) is 18.2 Å². The Kier molecular flexibility index (Phi) is 6.13. The zero-order chi connectivity index (χ0) is 14.3. The number of hydrogen-bond donors (Lipinski definition) is 2. The molecule has 0 aromatic heterocycles. The smallest absolute Gasteiger partial charge is 0.279 e. The fourth-order valence-electron chi connectivity index (χ4n) is 1.60. The van der Waals surface area contributed by atoms with Gasteiger partial charge in [0.2, 0.25) is 0 Å². The summed E-state index contributed by atoms with van der Waals surface area (Å²) in [6.07, 6.45) is 0.430. The maximum atomic E-state index is 11.9. The number of carbonyl (C=O) groups is 1. The number of anilines is 1. The Labute approximate surface area is 117 Å². The molecule has 6 heteroatoms. The highest BCUT2D eigenvalue weighted by molar-refractivity contribution is 6.31. The number of hydrogen-bond acceptors (Lipinski definition) is 3. The van der Waals surface area contributed by atoms with E-state index >= 15 is 0 Å². The highest BCUT2D eigenvalue weighted by Gasteiger charge is 2.12. The van der Waals surface area contributed by atoms with E-state index in [2.05, 4.69) is 11.4 Å². The molecule has 1 aromatic rings. The van der Waals surface area contributed by atoms with Crippen molar-refractivity contribution in [3.63, 3.8) is 0 Å². The van der Waals surface area contributed by atoms with Crippen molar-refractivity contribution in [3.8, 4) is 11.8 Å². The number of nitrogens with one attached hydrogen (secondary N) is 2. The van der Waals surface area contributed by atoms with Crippen LogP contribution in [0.1, 0.15) is 6.42 Å². The van der Waals surface area contributed by atoms with Gasteiger partial charge in [-0.25, -0.2) is 0 Å². The number of ether oxygens (including phenoxy) is 1. The van der Waals surface area contributed by atoms with Crippen LogP contribution in [0.5, 0.6) is 5.75 Å². The SMILES string of the molecule is COc1ccc(Cl)cc1NC(=O)C[NH+](C)CCC#N. The van der Waals surface area contributed by atoms with Gasteiger partial charge in [-0.2, -0.15) is 5.26 Å². The topological polar surface area (TPSA) is 66.6 Å². The zero-order valence-corrected chi connectivity index (χ0v) is 11.8. The molecule has 1 aromatic carbocycles. The first-order chi connectivity index (χ1) is 9.06. The van der Waals surface area contributed by atoms with Gasteiger partial charge in [0.15, 0.2) is 6.54 Å². The molecule has 19 heavy (non-hydrogen) atoms. The van der Waals surface area contributed by atoms with Crippen LogP contribution in [0, 0.1) is 11.3 Å². The summed E-state index contributed by atoms with van der Waals surface area (Å²) < 4.78 is 5.15. The molecular formula is C13H17ClN3O2+. The van der Waals surface area contributed by atoms with E-state index in [0.29, 0.717) is 29.4 Å². The van der Waals surface area contributed by atoms with Gasteiger partial charge < -0.3 is 15.0 Å². The highest BCUT2D eigenvalue weighted by atomic mass is 35.5. The van der Waals surface area contributed by atoms with Crippen molar-refractivity contribution < 1.29 is 14.4 Å². The second kappa shape index (κ2) is 7.62. The van der Waals surface area contributed by atoms with Crippen LogP contribution in [0.4, 0.5) is 5.69 Å². The average molecular weight is 283 g/mol. The van der Waals surface area contributed by atoms with E-state index in [0.717, 1.165) is 4.90 Å². The molecule has 0 radical (unpaired) electrons. The molecule has 0 saturated carbocycles. The quantitative estimate of drug-likeness (QED) is 0.808. The molecule has 0 aliphatic rings. The first kappa shape index (κ1) is 15.3. The largest absolute Gasteiger partial charge is 0.495 e. The third kappa shape index (κ3) is 5.16. The Bertz CT molecular complexity index is 485. The van der Waals surface area contributed by atoms with Crippen LogP contribution < -0.4 is 15.0 Å². The van der Waals surface area contributed by atoms with E-state index < -0.39 is 0 Å². The molecule has 0 aliphatic heterocycles. The summed E-state index contributed by atoms with van der Waals surface area (Å²) in [7, 11) is 3.40. The fraction of sp³-hybridized carbons (Fsp3) is 0.385. The third-order valence-electron chi connectivity index (χ3n) is 2.56. The molecule has 102 valence electrons.